The van der Waals surface area contributed by atoms with Crippen LogP contribution in [0, 0.1) is 0 Å². The number of aliphatic hydroxyl groups is 1. The van der Waals surface area contributed by atoms with Crippen LogP contribution in [0.25, 0.3) is 0 Å². The lowest BCUT2D eigenvalue weighted by Gasteiger charge is -2.33. The van der Waals surface area contributed by atoms with Crippen molar-refractivity contribution in [3.05, 3.63) is 28.2 Å². The summed E-state index contributed by atoms with van der Waals surface area (Å²) < 4.78 is 6.65. The van der Waals surface area contributed by atoms with Crippen molar-refractivity contribution in [1.82, 2.24) is 0 Å². The molecule has 0 spiro atoms. The highest BCUT2D eigenvalue weighted by Crippen LogP contribution is 2.29. The number of nitrogens with zero attached hydrogens (tertiary/aromatic N) is 1. The van der Waals surface area contributed by atoms with Crippen LogP contribution in [-0.2, 0) is 4.74 Å². The van der Waals surface area contributed by atoms with Crippen molar-refractivity contribution in [2.75, 3.05) is 24.6 Å². The first-order valence-electron chi connectivity index (χ1n) is 6.96. The van der Waals surface area contributed by atoms with E-state index in [2.05, 4.69) is 39.9 Å². The molecule has 1 aliphatic rings. The van der Waals surface area contributed by atoms with E-state index in [1.165, 1.54) is 5.69 Å². The quantitative estimate of drug-likeness (QED) is 0.918. The van der Waals surface area contributed by atoms with Crippen LogP contribution >= 0.6 is 15.9 Å². The third kappa shape index (κ3) is 3.71. The van der Waals surface area contributed by atoms with E-state index >= 15 is 0 Å². The summed E-state index contributed by atoms with van der Waals surface area (Å²) in [5.74, 6) is 0. The number of piperidine rings is 1. The highest BCUT2D eigenvalue weighted by Gasteiger charge is 2.20. The first kappa shape index (κ1) is 14.8. The summed E-state index contributed by atoms with van der Waals surface area (Å²) in [4.78, 5) is 2.38. The largest absolute Gasteiger partial charge is 0.389 e. The smallest absolute Gasteiger partial charge is 0.0772 e. The zero-order valence-electron chi connectivity index (χ0n) is 11.6. The van der Waals surface area contributed by atoms with Gasteiger partial charge in [0.2, 0.25) is 0 Å². The lowest BCUT2D eigenvalue weighted by molar-refractivity contribution is 0.0459. The van der Waals surface area contributed by atoms with E-state index in [9.17, 15) is 5.11 Å². The Balaban J connectivity index is 2.02. The molecule has 1 N–H and O–H groups in total. The van der Waals surface area contributed by atoms with Gasteiger partial charge in [-0.3, -0.25) is 0 Å². The molecule has 106 valence electrons. The zero-order valence-corrected chi connectivity index (χ0v) is 13.2. The summed E-state index contributed by atoms with van der Waals surface area (Å²) >= 11 is 3.54. The van der Waals surface area contributed by atoms with Crippen LogP contribution in [0.5, 0.6) is 0 Å². The molecule has 0 saturated carbocycles. The monoisotopic (exact) mass is 327 g/mol. The third-order valence-corrected chi connectivity index (χ3v) is 4.33. The average molecular weight is 328 g/mol. The van der Waals surface area contributed by atoms with Gasteiger partial charge in [0, 0.05) is 29.9 Å². The Kier molecular flexibility index (Phi) is 5.25. The molecule has 1 fully saturated rings. The SMILES string of the molecule is CCOC1CCN(c2ccc(C(C)O)c(Br)c2)CC1. The van der Waals surface area contributed by atoms with Crippen LogP contribution < -0.4 is 4.90 Å². The van der Waals surface area contributed by atoms with E-state index in [0.29, 0.717) is 6.10 Å². The van der Waals surface area contributed by atoms with Crippen molar-refractivity contribution < 1.29 is 9.84 Å². The maximum atomic E-state index is 9.64. The summed E-state index contributed by atoms with van der Waals surface area (Å²) in [6, 6.07) is 6.19. The average Bonchev–Trinajstić information content (AvgIpc) is 2.39. The van der Waals surface area contributed by atoms with Gasteiger partial charge in [0.15, 0.2) is 0 Å². The van der Waals surface area contributed by atoms with Gasteiger partial charge >= 0.3 is 0 Å². The van der Waals surface area contributed by atoms with E-state index in [0.717, 1.165) is 42.6 Å². The standard InChI is InChI=1S/C15H22BrNO2/c1-3-19-13-6-8-17(9-7-13)12-4-5-14(11(2)18)15(16)10-12/h4-5,10-11,13,18H,3,6-9H2,1-2H3. The number of halogens is 1. The Morgan fingerprint density at radius 3 is 2.63 bits per heavy atom. The van der Waals surface area contributed by atoms with Crippen molar-refractivity contribution >= 4 is 21.6 Å². The molecule has 1 aromatic rings. The molecule has 0 aliphatic carbocycles. The topological polar surface area (TPSA) is 32.7 Å². The second-order valence-electron chi connectivity index (χ2n) is 5.02. The van der Waals surface area contributed by atoms with Crippen LogP contribution in [0.15, 0.2) is 22.7 Å². The number of aliphatic hydroxyl groups excluding tert-OH is 1. The second kappa shape index (κ2) is 6.73. The van der Waals surface area contributed by atoms with E-state index in [1.54, 1.807) is 6.92 Å². The van der Waals surface area contributed by atoms with Crippen molar-refractivity contribution in [3.63, 3.8) is 0 Å². The molecule has 19 heavy (non-hydrogen) atoms. The van der Waals surface area contributed by atoms with Crippen molar-refractivity contribution in [1.29, 1.82) is 0 Å². The molecular weight excluding hydrogens is 306 g/mol. The lowest BCUT2D eigenvalue weighted by atomic mass is 10.1. The first-order valence-corrected chi connectivity index (χ1v) is 7.75. The fourth-order valence-corrected chi connectivity index (χ4v) is 3.27. The van der Waals surface area contributed by atoms with Crippen LogP contribution in [0.1, 0.15) is 38.4 Å². The Morgan fingerprint density at radius 1 is 1.42 bits per heavy atom. The highest BCUT2D eigenvalue weighted by molar-refractivity contribution is 9.10. The molecule has 2 rings (SSSR count). The van der Waals surface area contributed by atoms with Gasteiger partial charge in [0.05, 0.1) is 12.2 Å². The number of rotatable bonds is 4. The van der Waals surface area contributed by atoms with E-state index in [4.69, 9.17) is 4.74 Å². The van der Waals surface area contributed by atoms with Crippen molar-refractivity contribution in [2.24, 2.45) is 0 Å². The van der Waals surface area contributed by atoms with Crippen LogP contribution in [-0.4, -0.2) is 30.9 Å². The molecule has 0 amide bonds. The number of ether oxygens (including phenoxy) is 1. The van der Waals surface area contributed by atoms with E-state index < -0.39 is 6.10 Å². The van der Waals surface area contributed by atoms with Gasteiger partial charge in [-0.05, 0) is 44.4 Å². The summed E-state index contributed by atoms with van der Waals surface area (Å²) in [6.45, 7) is 6.71. The molecule has 0 radical (unpaired) electrons. The summed E-state index contributed by atoms with van der Waals surface area (Å²) in [6.07, 6.45) is 2.15. The first-order chi connectivity index (χ1) is 9.11. The summed E-state index contributed by atoms with van der Waals surface area (Å²) in [5, 5.41) is 9.64. The molecule has 1 saturated heterocycles. The van der Waals surface area contributed by atoms with Gasteiger partial charge in [-0.1, -0.05) is 22.0 Å². The maximum Gasteiger partial charge on any atom is 0.0772 e. The van der Waals surface area contributed by atoms with Gasteiger partial charge in [0.25, 0.3) is 0 Å². The molecular formula is C15H22BrNO2. The zero-order chi connectivity index (χ0) is 13.8. The minimum atomic E-state index is -0.438. The van der Waals surface area contributed by atoms with Crippen LogP contribution in [0.4, 0.5) is 5.69 Å². The molecule has 0 aromatic heterocycles. The third-order valence-electron chi connectivity index (χ3n) is 3.64. The number of hydrogen-bond acceptors (Lipinski definition) is 3. The molecule has 4 heteroatoms. The Labute approximate surface area is 123 Å². The maximum absolute atomic E-state index is 9.64. The number of hydrogen-bond donors (Lipinski definition) is 1. The molecule has 1 unspecified atom stereocenters. The van der Waals surface area contributed by atoms with Crippen molar-refractivity contribution in [3.8, 4) is 0 Å². The summed E-state index contributed by atoms with van der Waals surface area (Å²) in [7, 11) is 0. The Morgan fingerprint density at radius 2 is 2.11 bits per heavy atom. The molecule has 1 aromatic carbocycles. The Bertz CT molecular complexity index is 415. The predicted molar refractivity (Wildman–Crippen MR) is 81.6 cm³/mol. The van der Waals surface area contributed by atoms with E-state index in [-0.39, 0.29) is 0 Å². The normalized spacial score (nSPS) is 18.6. The minimum Gasteiger partial charge on any atom is -0.389 e. The molecule has 1 heterocycles. The van der Waals surface area contributed by atoms with Gasteiger partial charge in [-0.25, -0.2) is 0 Å². The lowest BCUT2D eigenvalue weighted by Crippen LogP contribution is -2.37. The number of anilines is 1. The highest BCUT2D eigenvalue weighted by atomic mass is 79.9. The second-order valence-corrected chi connectivity index (χ2v) is 5.88. The van der Waals surface area contributed by atoms with Crippen molar-refractivity contribution in [2.45, 2.75) is 38.9 Å². The summed E-state index contributed by atoms with van der Waals surface area (Å²) in [5.41, 5.74) is 2.15. The Hall–Kier alpha value is -0.580. The molecule has 3 nitrogen and oxygen atoms in total. The van der Waals surface area contributed by atoms with Crippen LogP contribution in [0.2, 0.25) is 0 Å². The van der Waals surface area contributed by atoms with Gasteiger partial charge in [0.1, 0.15) is 0 Å². The fourth-order valence-electron chi connectivity index (χ4n) is 2.57. The minimum absolute atomic E-state index is 0.418. The molecule has 0 bridgehead atoms. The molecule has 1 aliphatic heterocycles. The number of benzene rings is 1. The molecule has 1 atom stereocenters. The predicted octanol–water partition coefficient (Wildman–Crippen LogP) is 3.51. The van der Waals surface area contributed by atoms with Crippen LogP contribution in [0.3, 0.4) is 0 Å². The van der Waals surface area contributed by atoms with E-state index in [1.807, 2.05) is 6.07 Å². The van der Waals surface area contributed by atoms with Gasteiger partial charge < -0.3 is 14.7 Å². The fraction of sp³-hybridized carbons (Fsp3) is 0.600. The van der Waals surface area contributed by atoms with Gasteiger partial charge in [-0.2, -0.15) is 0 Å². The van der Waals surface area contributed by atoms with Gasteiger partial charge in [-0.15, -0.1) is 0 Å².